The van der Waals surface area contributed by atoms with Crippen molar-refractivity contribution in [3.05, 3.63) is 40.9 Å². The number of halogens is 1. The van der Waals surface area contributed by atoms with Crippen LogP contribution in [0.4, 0.5) is 5.69 Å². The molecule has 0 saturated heterocycles. The van der Waals surface area contributed by atoms with Gasteiger partial charge in [0.1, 0.15) is 19.2 Å². The summed E-state index contributed by atoms with van der Waals surface area (Å²) in [6.07, 6.45) is 2.82. The minimum Gasteiger partial charge on any atom is -0.462 e. The lowest BCUT2D eigenvalue weighted by molar-refractivity contribution is -0.116. The lowest BCUT2D eigenvalue weighted by Crippen LogP contribution is -2.19. The predicted molar refractivity (Wildman–Crippen MR) is 78.8 cm³/mol. The number of esters is 1. The molecule has 7 nitrogen and oxygen atoms in total. The van der Waals surface area contributed by atoms with Crippen molar-refractivity contribution in [3.8, 4) is 0 Å². The first-order chi connectivity index (χ1) is 10.1. The Morgan fingerprint density at radius 3 is 2.86 bits per heavy atom. The second-order valence-electron chi connectivity index (χ2n) is 4.06. The van der Waals surface area contributed by atoms with Crippen molar-refractivity contribution >= 4 is 33.5 Å². The van der Waals surface area contributed by atoms with Gasteiger partial charge in [0.25, 0.3) is 0 Å². The Hall–Kier alpha value is -2.22. The third kappa shape index (κ3) is 4.12. The van der Waals surface area contributed by atoms with Gasteiger partial charge in [-0.2, -0.15) is 5.10 Å². The zero-order chi connectivity index (χ0) is 15.2. The largest absolute Gasteiger partial charge is 0.462 e. The monoisotopic (exact) mass is 352 g/mol. The number of benzene rings is 1. The second-order valence-corrected chi connectivity index (χ2v) is 4.91. The van der Waals surface area contributed by atoms with Gasteiger partial charge in [0.2, 0.25) is 5.91 Å². The van der Waals surface area contributed by atoms with E-state index < -0.39 is 5.97 Å². The van der Waals surface area contributed by atoms with Gasteiger partial charge < -0.3 is 10.1 Å². The molecule has 0 aliphatic carbocycles. The van der Waals surface area contributed by atoms with Crippen LogP contribution < -0.4 is 5.32 Å². The van der Waals surface area contributed by atoms with Crippen LogP contribution in [0.15, 0.2) is 35.3 Å². The number of ether oxygens (including phenoxy) is 1. The topological polar surface area (TPSA) is 86.1 Å². The quantitative estimate of drug-likeness (QED) is 0.830. The molecule has 110 valence electrons. The minimum absolute atomic E-state index is 0.0616. The summed E-state index contributed by atoms with van der Waals surface area (Å²) in [5.41, 5.74) is 0.978. The number of anilines is 1. The molecule has 0 aliphatic rings. The molecule has 0 atom stereocenters. The van der Waals surface area contributed by atoms with Gasteiger partial charge >= 0.3 is 5.97 Å². The van der Waals surface area contributed by atoms with Crippen LogP contribution in [0.3, 0.4) is 0 Å². The SMILES string of the molecule is CCOC(=O)c1ccc(NC(=O)Cn2cncn2)c(Br)c1. The number of carbonyl (C=O) groups is 2. The van der Waals surface area contributed by atoms with Crippen molar-refractivity contribution in [3.63, 3.8) is 0 Å². The maximum absolute atomic E-state index is 11.8. The predicted octanol–water partition coefficient (Wildman–Crippen LogP) is 1.86. The number of rotatable bonds is 5. The van der Waals surface area contributed by atoms with Gasteiger partial charge in [-0.15, -0.1) is 0 Å². The lowest BCUT2D eigenvalue weighted by Gasteiger charge is -2.09. The van der Waals surface area contributed by atoms with Gasteiger partial charge in [-0.3, -0.25) is 4.79 Å². The normalized spacial score (nSPS) is 10.2. The van der Waals surface area contributed by atoms with Gasteiger partial charge in [0.15, 0.2) is 0 Å². The fourth-order valence-corrected chi connectivity index (χ4v) is 2.09. The first kappa shape index (κ1) is 15.2. The van der Waals surface area contributed by atoms with Crippen molar-refractivity contribution in [2.24, 2.45) is 0 Å². The van der Waals surface area contributed by atoms with Crippen LogP contribution in [0.5, 0.6) is 0 Å². The van der Waals surface area contributed by atoms with E-state index in [0.29, 0.717) is 22.3 Å². The Kier molecular flexibility index (Phi) is 5.04. The lowest BCUT2D eigenvalue weighted by atomic mass is 10.2. The standard InChI is InChI=1S/C13H13BrN4O3/c1-2-21-13(20)9-3-4-11(10(14)5-9)17-12(19)6-18-8-15-7-16-18/h3-5,7-8H,2,6H2,1H3,(H,17,19). The van der Waals surface area contributed by atoms with Crippen LogP contribution >= 0.6 is 15.9 Å². The average Bonchev–Trinajstić information content (AvgIpc) is 2.94. The fraction of sp³-hybridized carbons (Fsp3) is 0.231. The third-order valence-corrected chi connectivity index (χ3v) is 3.18. The van der Waals surface area contributed by atoms with Gasteiger partial charge in [-0.1, -0.05) is 0 Å². The van der Waals surface area contributed by atoms with Crippen molar-refractivity contribution in [1.82, 2.24) is 14.8 Å². The number of nitrogens with one attached hydrogen (secondary N) is 1. The summed E-state index contributed by atoms with van der Waals surface area (Å²) in [6.45, 7) is 2.12. The van der Waals surface area contributed by atoms with Crippen LogP contribution in [0.2, 0.25) is 0 Å². The molecule has 0 unspecified atom stereocenters. The van der Waals surface area contributed by atoms with Crippen molar-refractivity contribution < 1.29 is 14.3 Å². The Labute approximate surface area is 129 Å². The fourth-order valence-electron chi connectivity index (χ4n) is 1.61. The second kappa shape index (κ2) is 6.98. The zero-order valence-electron chi connectivity index (χ0n) is 11.2. The first-order valence-electron chi connectivity index (χ1n) is 6.19. The van der Waals surface area contributed by atoms with E-state index in [1.165, 1.54) is 17.3 Å². The molecular formula is C13H13BrN4O3. The molecular weight excluding hydrogens is 340 g/mol. The maximum atomic E-state index is 11.8. The molecule has 0 saturated carbocycles. The summed E-state index contributed by atoms with van der Waals surface area (Å²) in [4.78, 5) is 27.2. The Morgan fingerprint density at radius 2 is 2.24 bits per heavy atom. The molecule has 2 rings (SSSR count). The average molecular weight is 353 g/mol. The van der Waals surface area contributed by atoms with Crippen LogP contribution in [0.25, 0.3) is 0 Å². The summed E-state index contributed by atoms with van der Waals surface area (Å²) in [5, 5.41) is 6.57. The van der Waals surface area contributed by atoms with Crippen LogP contribution in [-0.2, 0) is 16.1 Å². The molecule has 0 radical (unpaired) electrons. The number of aromatic nitrogens is 3. The summed E-state index contributed by atoms with van der Waals surface area (Å²) in [7, 11) is 0. The highest BCUT2D eigenvalue weighted by molar-refractivity contribution is 9.10. The molecule has 2 aromatic rings. The molecule has 0 aliphatic heterocycles. The first-order valence-corrected chi connectivity index (χ1v) is 6.98. The minimum atomic E-state index is -0.404. The van der Waals surface area contributed by atoms with E-state index in [4.69, 9.17) is 4.74 Å². The maximum Gasteiger partial charge on any atom is 0.338 e. The number of nitrogens with zero attached hydrogens (tertiary/aromatic N) is 3. The number of hydrogen-bond acceptors (Lipinski definition) is 5. The molecule has 21 heavy (non-hydrogen) atoms. The Balaban J connectivity index is 2.03. The van der Waals surface area contributed by atoms with Gasteiger partial charge in [0.05, 0.1) is 17.9 Å². The van der Waals surface area contributed by atoms with E-state index in [9.17, 15) is 9.59 Å². The number of carbonyl (C=O) groups excluding carboxylic acids is 2. The highest BCUT2D eigenvalue weighted by atomic mass is 79.9. The molecule has 1 N–H and O–H groups in total. The van der Waals surface area contributed by atoms with Crippen LogP contribution in [0.1, 0.15) is 17.3 Å². The molecule has 1 amide bonds. The van der Waals surface area contributed by atoms with E-state index in [1.54, 1.807) is 25.1 Å². The van der Waals surface area contributed by atoms with Crippen LogP contribution in [-0.4, -0.2) is 33.2 Å². The third-order valence-electron chi connectivity index (χ3n) is 2.53. The molecule has 0 fully saturated rings. The van der Waals surface area contributed by atoms with E-state index in [2.05, 4.69) is 31.3 Å². The van der Waals surface area contributed by atoms with Crippen molar-refractivity contribution in [2.75, 3.05) is 11.9 Å². The van der Waals surface area contributed by atoms with E-state index in [-0.39, 0.29) is 12.5 Å². The van der Waals surface area contributed by atoms with Gasteiger partial charge in [-0.05, 0) is 41.1 Å². The Morgan fingerprint density at radius 1 is 1.43 bits per heavy atom. The van der Waals surface area contributed by atoms with Crippen molar-refractivity contribution in [1.29, 1.82) is 0 Å². The molecule has 1 aromatic carbocycles. The molecule has 1 heterocycles. The molecule has 0 spiro atoms. The highest BCUT2D eigenvalue weighted by Crippen LogP contribution is 2.24. The smallest absolute Gasteiger partial charge is 0.338 e. The molecule has 8 heteroatoms. The van der Waals surface area contributed by atoms with Gasteiger partial charge in [0, 0.05) is 4.47 Å². The highest BCUT2D eigenvalue weighted by Gasteiger charge is 2.11. The van der Waals surface area contributed by atoms with Crippen molar-refractivity contribution in [2.45, 2.75) is 13.5 Å². The number of amides is 1. The van der Waals surface area contributed by atoms with E-state index >= 15 is 0 Å². The zero-order valence-corrected chi connectivity index (χ0v) is 12.8. The van der Waals surface area contributed by atoms with Crippen LogP contribution in [0, 0.1) is 0 Å². The summed E-state index contributed by atoms with van der Waals surface area (Å²) < 4.78 is 6.92. The summed E-state index contributed by atoms with van der Waals surface area (Å²) in [5.74, 6) is -0.649. The van der Waals surface area contributed by atoms with Gasteiger partial charge in [-0.25, -0.2) is 14.5 Å². The Bertz CT molecular complexity index is 643. The number of hydrogen-bond donors (Lipinski definition) is 1. The summed E-state index contributed by atoms with van der Waals surface area (Å²) >= 11 is 3.32. The van der Waals surface area contributed by atoms with E-state index in [0.717, 1.165) is 0 Å². The summed E-state index contributed by atoms with van der Waals surface area (Å²) in [6, 6.07) is 4.83. The van der Waals surface area contributed by atoms with E-state index in [1.807, 2.05) is 0 Å². The molecule has 0 bridgehead atoms. The molecule has 1 aromatic heterocycles.